The molecule has 0 aromatic heterocycles. The van der Waals surface area contributed by atoms with Crippen molar-refractivity contribution < 1.29 is 24.2 Å². The van der Waals surface area contributed by atoms with Crippen LogP contribution in [0.2, 0.25) is 0 Å². The van der Waals surface area contributed by atoms with Crippen LogP contribution in [0.25, 0.3) is 11.1 Å². The van der Waals surface area contributed by atoms with E-state index >= 15 is 0 Å². The summed E-state index contributed by atoms with van der Waals surface area (Å²) in [7, 11) is 2.04. The zero-order valence-electron chi connectivity index (χ0n) is 19.2. The first-order chi connectivity index (χ1) is 16.3. The normalized spacial score (nSPS) is 19.3. The van der Waals surface area contributed by atoms with Crippen LogP contribution in [0.15, 0.2) is 48.5 Å². The van der Waals surface area contributed by atoms with Gasteiger partial charge in [0, 0.05) is 37.5 Å². The predicted molar refractivity (Wildman–Crippen MR) is 125 cm³/mol. The highest BCUT2D eigenvalue weighted by molar-refractivity contribution is 5.89. The van der Waals surface area contributed by atoms with Crippen LogP contribution in [0.4, 0.5) is 4.79 Å². The average Bonchev–Trinajstić information content (AvgIpc) is 3.37. The molecule has 2 aliphatic heterocycles. The summed E-state index contributed by atoms with van der Waals surface area (Å²) in [6.07, 6.45) is -0.362. The Balaban J connectivity index is 1.23. The van der Waals surface area contributed by atoms with E-state index in [1.807, 2.05) is 43.4 Å². The predicted octanol–water partition coefficient (Wildman–Crippen LogP) is 2.53. The Morgan fingerprint density at radius 3 is 2.26 bits per heavy atom. The number of ether oxygens (including phenoxy) is 1. The smallest absolute Gasteiger partial charge is 0.407 e. The minimum Gasteiger partial charge on any atom is -0.481 e. The summed E-state index contributed by atoms with van der Waals surface area (Å²) in [5.41, 5.74) is 4.51. The molecule has 5 rings (SSSR count). The van der Waals surface area contributed by atoms with Gasteiger partial charge in [-0.05, 0) is 35.7 Å². The number of aliphatic carboxylic acids is 1. The van der Waals surface area contributed by atoms with Crippen molar-refractivity contribution in [2.24, 2.45) is 5.41 Å². The molecule has 3 aliphatic rings. The van der Waals surface area contributed by atoms with Crippen molar-refractivity contribution in [1.29, 1.82) is 0 Å². The summed E-state index contributed by atoms with van der Waals surface area (Å²) in [6.45, 7) is 3.14. The summed E-state index contributed by atoms with van der Waals surface area (Å²) >= 11 is 0. The Morgan fingerprint density at radius 2 is 1.68 bits per heavy atom. The molecule has 2 saturated heterocycles. The minimum atomic E-state index is -1.15. The van der Waals surface area contributed by atoms with Crippen molar-refractivity contribution in [2.45, 2.75) is 24.8 Å². The maximum atomic E-state index is 13.1. The van der Waals surface area contributed by atoms with Gasteiger partial charge in [0.1, 0.15) is 12.6 Å². The molecule has 8 nitrogen and oxygen atoms in total. The van der Waals surface area contributed by atoms with E-state index < -0.39 is 24.5 Å². The first-order valence-electron chi connectivity index (χ1n) is 11.7. The van der Waals surface area contributed by atoms with Gasteiger partial charge in [0.2, 0.25) is 5.91 Å². The van der Waals surface area contributed by atoms with E-state index in [9.17, 15) is 19.5 Å². The molecule has 2 aromatic rings. The molecular weight excluding hydrogens is 434 g/mol. The van der Waals surface area contributed by atoms with Crippen LogP contribution in [0.5, 0.6) is 0 Å². The van der Waals surface area contributed by atoms with Gasteiger partial charge >= 0.3 is 12.1 Å². The van der Waals surface area contributed by atoms with Crippen LogP contribution in [0.3, 0.4) is 0 Å². The number of carbonyl (C=O) groups excluding carboxylic acids is 2. The molecule has 0 bridgehead atoms. The SMILES string of the molecule is CN1CC2(CCN(C(=O)C(CC(=O)O)NC(=O)OCC3c4ccccc4-c4ccccc43)C2)C1. The molecule has 2 aromatic carbocycles. The van der Waals surface area contributed by atoms with E-state index in [-0.39, 0.29) is 23.8 Å². The van der Waals surface area contributed by atoms with E-state index in [4.69, 9.17) is 4.74 Å². The zero-order chi connectivity index (χ0) is 23.9. The van der Waals surface area contributed by atoms with E-state index in [0.29, 0.717) is 13.1 Å². The molecule has 0 saturated carbocycles. The van der Waals surface area contributed by atoms with Crippen LogP contribution >= 0.6 is 0 Å². The number of rotatable bonds is 6. The number of carboxylic acid groups (broad SMARTS) is 1. The van der Waals surface area contributed by atoms with Crippen molar-refractivity contribution in [3.05, 3.63) is 59.7 Å². The third-order valence-electron chi connectivity index (χ3n) is 7.27. The molecular formula is C26H29N3O5. The van der Waals surface area contributed by atoms with Gasteiger partial charge in [-0.1, -0.05) is 48.5 Å². The summed E-state index contributed by atoms with van der Waals surface area (Å²) in [5, 5.41) is 11.9. The molecule has 1 spiro atoms. The zero-order valence-corrected chi connectivity index (χ0v) is 19.2. The fourth-order valence-corrected chi connectivity index (χ4v) is 5.86. The van der Waals surface area contributed by atoms with Crippen LogP contribution in [-0.4, -0.2) is 78.8 Å². The number of carbonyl (C=O) groups is 3. The lowest BCUT2D eigenvalue weighted by Crippen LogP contribution is -2.56. The first-order valence-corrected chi connectivity index (χ1v) is 11.7. The van der Waals surface area contributed by atoms with Crippen molar-refractivity contribution in [3.8, 4) is 11.1 Å². The van der Waals surface area contributed by atoms with Gasteiger partial charge in [-0.2, -0.15) is 0 Å². The molecule has 178 valence electrons. The topological polar surface area (TPSA) is 99.2 Å². The number of fused-ring (bicyclic) bond motifs is 3. The lowest BCUT2D eigenvalue weighted by molar-refractivity contribution is -0.142. The van der Waals surface area contributed by atoms with E-state index in [2.05, 4.69) is 22.3 Å². The van der Waals surface area contributed by atoms with Crippen molar-refractivity contribution >= 4 is 18.0 Å². The number of nitrogens with one attached hydrogen (secondary N) is 1. The molecule has 1 aliphatic carbocycles. The number of carboxylic acids is 1. The van der Waals surface area contributed by atoms with Crippen LogP contribution < -0.4 is 5.32 Å². The highest BCUT2D eigenvalue weighted by atomic mass is 16.5. The molecule has 1 unspecified atom stereocenters. The van der Waals surface area contributed by atoms with Gasteiger partial charge in [0.05, 0.1) is 6.42 Å². The minimum absolute atomic E-state index is 0.0992. The number of hydrogen-bond acceptors (Lipinski definition) is 5. The molecule has 2 amide bonds. The lowest BCUT2D eigenvalue weighted by Gasteiger charge is -2.46. The van der Waals surface area contributed by atoms with Crippen LogP contribution in [0, 0.1) is 5.41 Å². The summed E-state index contributed by atoms with van der Waals surface area (Å²) in [6, 6.07) is 14.9. The molecule has 2 N–H and O–H groups in total. The van der Waals surface area contributed by atoms with Gasteiger partial charge < -0.3 is 25.0 Å². The molecule has 34 heavy (non-hydrogen) atoms. The Bertz CT molecular complexity index is 1080. The van der Waals surface area contributed by atoms with Gasteiger partial charge in [-0.3, -0.25) is 9.59 Å². The monoisotopic (exact) mass is 463 g/mol. The second-order valence-corrected chi connectivity index (χ2v) is 9.80. The summed E-state index contributed by atoms with van der Waals surface area (Å²) in [5.74, 6) is -1.61. The second kappa shape index (κ2) is 8.76. The number of alkyl carbamates (subject to hydrolysis) is 1. The Kier molecular flexibility index (Phi) is 5.77. The number of hydrogen-bond donors (Lipinski definition) is 2. The maximum Gasteiger partial charge on any atom is 0.407 e. The second-order valence-electron chi connectivity index (χ2n) is 9.80. The number of likely N-dealkylation sites (tertiary alicyclic amines) is 2. The molecule has 0 radical (unpaired) electrons. The average molecular weight is 464 g/mol. The summed E-state index contributed by atoms with van der Waals surface area (Å²) < 4.78 is 5.53. The third-order valence-corrected chi connectivity index (χ3v) is 7.27. The fraction of sp³-hybridized carbons (Fsp3) is 0.423. The maximum absolute atomic E-state index is 13.1. The first kappa shape index (κ1) is 22.4. The fourth-order valence-electron chi connectivity index (χ4n) is 5.86. The highest BCUT2D eigenvalue weighted by Gasteiger charge is 2.48. The van der Waals surface area contributed by atoms with Gasteiger partial charge in [0.15, 0.2) is 0 Å². The Labute approximate surface area is 198 Å². The van der Waals surface area contributed by atoms with E-state index in [1.54, 1.807) is 4.90 Å². The number of amides is 2. The molecule has 8 heteroatoms. The van der Waals surface area contributed by atoms with Crippen molar-refractivity contribution in [2.75, 3.05) is 39.8 Å². The van der Waals surface area contributed by atoms with Gasteiger partial charge in [0.25, 0.3) is 0 Å². The summed E-state index contributed by atoms with van der Waals surface area (Å²) in [4.78, 5) is 41.1. The largest absolute Gasteiger partial charge is 0.481 e. The van der Waals surface area contributed by atoms with Crippen LogP contribution in [-0.2, 0) is 14.3 Å². The Morgan fingerprint density at radius 1 is 1.06 bits per heavy atom. The van der Waals surface area contributed by atoms with Gasteiger partial charge in [-0.15, -0.1) is 0 Å². The van der Waals surface area contributed by atoms with Crippen molar-refractivity contribution in [3.63, 3.8) is 0 Å². The number of benzene rings is 2. The third kappa shape index (κ3) is 4.14. The standard InChI is InChI=1S/C26H29N3O5/c1-28-14-26(15-28)10-11-29(16-26)24(32)22(12-23(30)31)27-25(33)34-13-21-19-8-4-2-6-17(19)18-7-3-5-9-20(18)21/h2-9,21-22H,10-16H2,1H3,(H,27,33)(H,30,31). The lowest BCUT2D eigenvalue weighted by atomic mass is 9.79. The highest BCUT2D eigenvalue weighted by Crippen LogP contribution is 2.44. The molecule has 1 atom stereocenters. The quantitative estimate of drug-likeness (QED) is 0.683. The van der Waals surface area contributed by atoms with Crippen molar-refractivity contribution in [1.82, 2.24) is 15.1 Å². The van der Waals surface area contributed by atoms with E-state index in [1.165, 1.54) is 0 Å². The number of nitrogens with zero attached hydrogens (tertiary/aromatic N) is 2. The van der Waals surface area contributed by atoms with Crippen LogP contribution in [0.1, 0.15) is 29.9 Å². The van der Waals surface area contributed by atoms with E-state index in [0.717, 1.165) is 41.8 Å². The Hall–Kier alpha value is -3.39. The molecule has 2 fully saturated rings. The molecule has 2 heterocycles. The van der Waals surface area contributed by atoms with Gasteiger partial charge in [-0.25, -0.2) is 4.79 Å².